The van der Waals surface area contributed by atoms with E-state index in [2.05, 4.69) is 40.8 Å². The van der Waals surface area contributed by atoms with Crippen molar-refractivity contribution in [2.45, 2.75) is 25.8 Å². The van der Waals surface area contributed by atoms with E-state index in [4.69, 9.17) is 4.74 Å². The first-order valence-electron chi connectivity index (χ1n) is 10.9. The molecular formula is C28H28FNO3. The lowest BCUT2D eigenvalue weighted by molar-refractivity contribution is -0.134. The zero-order valence-corrected chi connectivity index (χ0v) is 19.4. The van der Waals surface area contributed by atoms with Gasteiger partial charge in [-0.15, -0.1) is 0 Å². The van der Waals surface area contributed by atoms with Gasteiger partial charge in [-0.2, -0.15) is 0 Å². The maximum atomic E-state index is 13.9. The third kappa shape index (κ3) is 4.23. The Morgan fingerprint density at radius 3 is 2.48 bits per heavy atom. The van der Waals surface area contributed by atoms with Crippen LogP contribution in [0.5, 0.6) is 5.75 Å². The van der Waals surface area contributed by atoms with Gasteiger partial charge in [-0.25, -0.2) is 9.18 Å². The number of esters is 1. The van der Waals surface area contributed by atoms with Crippen LogP contribution in [0.3, 0.4) is 0 Å². The van der Waals surface area contributed by atoms with Crippen molar-refractivity contribution in [2.24, 2.45) is 0 Å². The van der Waals surface area contributed by atoms with Crippen LogP contribution >= 0.6 is 0 Å². The summed E-state index contributed by atoms with van der Waals surface area (Å²) in [6, 6.07) is 19.4. The number of nitrogens with zero attached hydrogens (tertiary/aromatic N) is 1. The van der Waals surface area contributed by atoms with E-state index < -0.39 is 5.54 Å². The average Bonchev–Trinajstić information content (AvgIpc) is 2.83. The molecule has 0 aromatic heterocycles. The van der Waals surface area contributed by atoms with E-state index in [-0.39, 0.29) is 11.8 Å². The third-order valence-corrected chi connectivity index (χ3v) is 6.52. The highest BCUT2D eigenvalue weighted by Gasteiger charge is 2.41. The fraction of sp³-hybridized carbons (Fsp3) is 0.250. The lowest BCUT2D eigenvalue weighted by atomic mass is 9.76. The number of rotatable bonds is 5. The molecule has 1 atom stereocenters. The number of benzene rings is 3. The standard InChI is InChI=1S/C28H28FNO3/c1-19-17-23(29)10-13-26(19)30-16-15-21-18-24(32-3)11-12-25(21)28(30,2)22-8-5-20(6-9-22)7-14-27(31)33-4/h5-14,17-18H,15-16H2,1-4H3. The van der Waals surface area contributed by atoms with E-state index in [1.807, 2.05) is 31.2 Å². The van der Waals surface area contributed by atoms with Crippen LogP contribution in [0.15, 0.2) is 66.7 Å². The predicted molar refractivity (Wildman–Crippen MR) is 129 cm³/mol. The van der Waals surface area contributed by atoms with Gasteiger partial charge in [0.25, 0.3) is 0 Å². The summed E-state index contributed by atoms with van der Waals surface area (Å²) in [5.74, 6) is 0.215. The molecule has 4 nitrogen and oxygen atoms in total. The van der Waals surface area contributed by atoms with Crippen molar-refractivity contribution >= 4 is 17.7 Å². The number of hydrogen-bond donors (Lipinski definition) is 0. The second kappa shape index (κ2) is 9.10. The summed E-state index contributed by atoms with van der Waals surface area (Å²) in [4.78, 5) is 13.8. The Hall–Kier alpha value is -3.60. The molecule has 0 amide bonds. The van der Waals surface area contributed by atoms with Gasteiger partial charge in [0.05, 0.1) is 19.8 Å². The van der Waals surface area contributed by atoms with Crippen molar-refractivity contribution in [3.05, 3.63) is 100 Å². The number of aryl methyl sites for hydroxylation is 1. The number of anilines is 1. The second-order valence-electron chi connectivity index (χ2n) is 8.41. The fourth-order valence-electron chi connectivity index (χ4n) is 4.73. The Morgan fingerprint density at radius 1 is 1.06 bits per heavy atom. The first-order chi connectivity index (χ1) is 15.9. The van der Waals surface area contributed by atoms with Crippen molar-refractivity contribution in [3.63, 3.8) is 0 Å². The Morgan fingerprint density at radius 2 is 1.82 bits per heavy atom. The normalized spacial score (nSPS) is 17.7. The quantitative estimate of drug-likeness (QED) is 0.376. The number of halogens is 1. The summed E-state index contributed by atoms with van der Waals surface area (Å²) < 4.78 is 24.0. The topological polar surface area (TPSA) is 38.8 Å². The van der Waals surface area contributed by atoms with Crippen LogP contribution in [-0.4, -0.2) is 26.7 Å². The summed E-state index contributed by atoms with van der Waals surface area (Å²) in [6.45, 7) is 4.94. The van der Waals surface area contributed by atoms with Gasteiger partial charge in [-0.05, 0) is 84.5 Å². The summed E-state index contributed by atoms with van der Waals surface area (Å²) in [5, 5.41) is 0. The van der Waals surface area contributed by atoms with Gasteiger partial charge >= 0.3 is 5.97 Å². The molecular weight excluding hydrogens is 417 g/mol. The Bertz CT molecular complexity index is 1200. The molecule has 5 heteroatoms. The minimum Gasteiger partial charge on any atom is -0.497 e. The smallest absolute Gasteiger partial charge is 0.330 e. The minimum atomic E-state index is -0.479. The lowest BCUT2D eigenvalue weighted by Gasteiger charge is -2.48. The summed E-state index contributed by atoms with van der Waals surface area (Å²) in [5.41, 5.74) is 5.87. The molecule has 0 fully saturated rings. The molecule has 33 heavy (non-hydrogen) atoms. The predicted octanol–water partition coefficient (Wildman–Crippen LogP) is 5.66. The van der Waals surface area contributed by atoms with Gasteiger partial charge in [-0.3, -0.25) is 0 Å². The molecule has 3 aromatic rings. The number of carbonyl (C=O) groups is 1. The SMILES string of the molecule is COC(=O)C=Cc1ccc(C2(C)c3ccc(OC)cc3CCN2c2ccc(F)cc2C)cc1. The van der Waals surface area contributed by atoms with Crippen molar-refractivity contribution in [1.29, 1.82) is 0 Å². The van der Waals surface area contributed by atoms with E-state index >= 15 is 0 Å². The van der Waals surface area contributed by atoms with Crippen LogP contribution in [0.25, 0.3) is 6.08 Å². The average molecular weight is 446 g/mol. The van der Waals surface area contributed by atoms with Crippen LogP contribution in [0.1, 0.15) is 34.7 Å². The summed E-state index contributed by atoms with van der Waals surface area (Å²) >= 11 is 0. The van der Waals surface area contributed by atoms with Crippen LogP contribution in [0.2, 0.25) is 0 Å². The van der Waals surface area contributed by atoms with Crippen molar-refractivity contribution < 1.29 is 18.7 Å². The van der Waals surface area contributed by atoms with Crippen LogP contribution in [0.4, 0.5) is 10.1 Å². The van der Waals surface area contributed by atoms with Crippen molar-refractivity contribution in [1.82, 2.24) is 0 Å². The molecule has 1 aliphatic heterocycles. The first-order valence-corrected chi connectivity index (χ1v) is 10.9. The van der Waals surface area contributed by atoms with E-state index in [0.29, 0.717) is 0 Å². The highest BCUT2D eigenvalue weighted by Crippen LogP contribution is 2.45. The van der Waals surface area contributed by atoms with E-state index in [1.165, 1.54) is 30.4 Å². The van der Waals surface area contributed by atoms with Gasteiger partial charge in [0.1, 0.15) is 11.6 Å². The molecule has 0 bridgehead atoms. The molecule has 0 saturated heterocycles. The van der Waals surface area contributed by atoms with Gasteiger partial charge < -0.3 is 14.4 Å². The molecule has 0 spiro atoms. The number of fused-ring (bicyclic) bond motifs is 1. The molecule has 4 rings (SSSR count). The van der Waals surface area contributed by atoms with Gasteiger partial charge in [0.2, 0.25) is 0 Å². The number of ether oxygens (including phenoxy) is 2. The summed E-state index contributed by atoms with van der Waals surface area (Å²) in [7, 11) is 3.04. The molecule has 1 aliphatic rings. The van der Waals surface area contributed by atoms with E-state index in [1.54, 1.807) is 19.3 Å². The summed E-state index contributed by atoms with van der Waals surface area (Å²) in [6.07, 6.45) is 4.01. The molecule has 0 N–H and O–H groups in total. The van der Waals surface area contributed by atoms with Crippen LogP contribution < -0.4 is 9.64 Å². The molecule has 0 aliphatic carbocycles. The van der Waals surface area contributed by atoms with E-state index in [9.17, 15) is 9.18 Å². The number of carbonyl (C=O) groups excluding carboxylic acids is 1. The zero-order valence-electron chi connectivity index (χ0n) is 19.4. The molecule has 0 saturated carbocycles. The molecule has 170 valence electrons. The van der Waals surface area contributed by atoms with Crippen LogP contribution in [-0.2, 0) is 21.5 Å². The largest absolute Gasteiger partial charge is 0.497 e. The Kier molecular flexibility index (Phi) is 6.23. The van der Waals surface area contributed by atoms with Gasteiger partial charge in [0.15, 0.2) is 0 Å². The van der Waals surface area contributed by atoms with Gasteiger partial charge in [-0.1, -0.05) is 30.3 Å². The maximum Gasteiger partial charge on any atom is 0.330 e. The Labute approximate surface area is 194 Å². The highest BCUT2D eigenvalue weighted by molar-refractivity contribution is 5.86. The zero-order chi connectivity index (χ0) is 23.6. The molecule has 0 radical (unpaired) electrons. The number of methoxy groups -OCH3 is 2. The minimum absolute atomic E-state index is 0.234. The van der Waals surface area contributed by atoms with Crippen molar-refractivity contribution in [3.8, 4) is 5.75 Å². The lowest BCUT2D eigenvalue weighted by Crippen LogP contribution is -2.50. The Balaban J connectivity index is 1.84. The highest BCUT2D eigenvalue weighted by atomic mass is 19.1. The molecule has 1 unspecified atom stereocenters. The fourth-order valence-corrected chi connectivity index (χ4v) is 4.73. The molecule has 1 heterocycles. The first kappa shape index (κ1) is 22.6. The molecule has 3 aromatic carbocycles. The van der Waals surface area contributed by atoms with Crippen LogP contribution in [0, 0.1) is 12.7 Å². The van der Waals surface area contributed by atoms with Crippen molar-refractivity contribution in [2.75, 3.05) is 25.7 Å². The van der Waals surface area contributed by atoms with Gasteiger partial charge in [0, 0.05) is 18.3 Å². The number of hydrogen-bond acceptors (Lipinski definition) is 4. The monoisotopic (exact) mass is 445 g/mol. The third-order valence-electron chi connectivity index (χ3n) is 6.52. The maximum absolute atomic E-state index is 13.9. The van der Waals surface area contributed by atoms with E-state index in [0.717, 1.165) is 41.1 Å². The second-order valence-corrected chi connectivity index (χ2v) is 8.41.